The minimum atomic E-state index is -4.79. The molecule has 0 aromatic heterocycles. The van der Waals surface area contributed by atoms with E-state index in [0.29, 0.717) is 49.4 Å². The van der Waals surface area contributed by atoms with E-state index in [1.54, 1.807) is 30.9 Å². The van der Waals surface area contributed by atoms with E-state index in [-0.39, 0.29) is 22.9 Å². The largest absolute Gasteiger partial charge is 0.493 e. The molecule has 0 saturated carbocycles. The lowest BCUT2D eigenvalue weighted by Crippen LogP contribution is -2.28. The molecule has 212 valence electrons. The fourth-order valence-corrected chi connectivity index (χ4v) is 5.06. The minimum absolute atomic E-state index is 0.157. The molecule has 0 radical (unpaired) electrons. The lowest BCUT2D eigenvalue weighted by atomic mass is 9.99. The van der Waals surface area contributed by atoms with Gasteiger partial charge in [0.1, 0.15) is 5.75 Å². The van der Waals surface area contributed by atoms with E-state index in [0.717, 1.165) is 17.7 Å². The van der Waals surface area contributed by atoms with Gasteiger partial charge >= 0.3 is 12.1 Å². The predicted molar refractivity (Wildman–Crippen MR) is 147 cm³/mol. The van der Waals surface area contributed by atoms with Crippen molar-refractivity contribution >= 4 is 23.3 Å². The number of carbonyl (C=O) groups excluding carboxylic acids is 1. The predicted octanol–water partition coefficient (Wildman–Crippen LogP) is 5.36. The van der Waals surface area contributed by atoms with Crippen molar-refractivity contribution < 1.29 is 32.6 Å². The first-order valence-electron chi connectivity index (χ1n) is 13.0. The number of ether oxygens (including phenoxy) is 1. The van der Waals surface area contributed by atoms with Crippen molar-refractivity contribution in [3.05, 3.63) is 88.0 Å². The van der Waals surface area contributed by atoms with Gasteiger partial charge in [0.2, 0.25) is 0 Å². The molecular formula is C30H32F3N3O4. The van der Waals surface area contributed by atoms with Crippen molar-refractivity contribution in [1.29, 1.82) is 0 Å². The number of amides is 1. The van der Waals surface area contributed by atoms with Crippen LogP contribution in [0.15, 0.2) is 54.6 Å². The van der Waals surface area contributed by atoms with E-state index in [9.17, 15) is 27.9 Å². The van der Waals surface area contributed by atoms with Gasteiger partial charge in [-0.2, -0.15) is 13.2 Å². The van der Waals surface area contributed by atoms with Gasteiger partial charge in [0.15, 0.2) is 0 Å². The van der Waals surface area contributed by atoms with Gasteiger partial charge in [0, 0.05) is 36.8 Å². The molecule has 1 fully saturated rings. The number of carboxylic acid groups (broad SMARTS) is 1. The van der Waals surface area contributed by atoms with Gasteiger partial charge in [-0.1, -0.05) is 30.3 Å². The van der Waals surface area contributed by atoms with Crippen LogP contribution in [0.1, 0.15) is 44.6 Å². The standard InChI is InChI=1S/C30H32F3N3O4/c1-18-12-23(40-11-9-20-6-4-3-5-7-20)13-19(2)28(18)29(39)35-25-14-21(15-27(37)38)26(16-24(25)30(31,32)33)36-10-8-22(34)17-36/h3-7,12-14,16,22H,8-11,15,17,34H2,1-2H3,(H,35,39)(H,37,38)/t22-/m1/s1. The monoisotopic (exact) mass is 555 g/mol. The molecule has 1 heterocycles. The minimum Gasteiger partial charge on any atom is -0.493 e. The Hall–Kier alpha value is -4.05. The molecule has 1 aliphatic rings. The summed E-state index contributed by atoms with van der Waals surface area (Å²) >= 11 is 0. The summed E-state index contributed by atoms with van der Waals surface area (Å²) in [6.07, 6.45) is -4.02. The van der Waals surface area contributed by atoms with E-state index in [1.807, 2.05) is 30.3 Å². The first-order chi connectivity index (χ1) is 18.9. The summed E-state index contributed by atoms with van der Waals surface area (Å²) in [6, 6.07) is 15.0. The number of hydrogen-bond acceptors (Lipinski definition) is 5. The molecule has 0 bridgehead atoms. The fraction of sp³-hybridized carbons (Fsp3) is 0.333. The average Bonchev–Trinajstić information content (AvgIpc) is 3.29. The Labute approximate surface area is 230 Å². The highest BCUT2D eigenvalue weighted by atomic mass is 19.4. The van der Waals surface area contributed by atoms with Gasteiger partial charge in [-0.3, -0.25) is 9.59 Å². The van der Waals surface area contributed by atoms with Gasteiger partial charge in [-0.05, 0) is 66.8 Å². The van der Waals surface area contributed by atoms with Crippen LogP contribution in [0.5, 0.6) is 5.75 Å². The number of nitrogens with two attached hydrogens (primary N) is 1. The second-order valence-corrected chi connectivity index (χ2v) is 10.1. The lowest BCUT2D eigenvalue weighted by molar-refractivity contribution is -0.137. The maximum atomic E-state index is 14.2. The van der Waals surface area contributed by atoms with E-state index in [4.69, 9.17) is 10.5 Å². The Morgan fingerprint density at radius 3 is 2.35 bits per heavy atom. The number of halogens is 3. The molecule has 1 saturated heterocycles. The Morgan fingerprint density at radius 1 is 1.10 bits per heavy atom. The van der Waals surface area contributed by atoms with E-state index >= 15 is 0 Å². The number of nitrogens with zero attached hydrogens (tertiary/aromatic N) is 1. The van der Waals surface area contributed by atoms with Crippen molar-refractivity contribution in [2.24, 2.45) is 5.73 Å². The molecule has 3 aromatic carbocycles. The van der Waals surface area contributed by atoms with Crippen LogP contribution in [0.4, 0.5) is 24.5 Å². The number of benzene rings is 3. The maximum absolute atomic E-state index is 14.2. The van der Waals surface area contributed by atoms with Crippen LogP contribution in [-0.2, 0) is 23.8 Å². The first kappa shape index (κ1) is 28.9. The summed E-state index contributed by atoms with van der Waals surface area (Å²) in [5, 5.41) is 11.8. The molecule has 4 rings (SSSR count). The number of alkyl halides is 3. The lowest BCUT2D eigenvalue weighted by Gasteiger charge is -2.25. The average molecular weight is 556 g/mol. The zero-order chi connectivity index (χ0) is 29.0. The summed E-state index contributed by atoms with van der Waals surface area (Å²) in [5.74, 6) is -1.37. The number of carbonyl (C=O) groups is 2. The fourth-order valence-electron chi connectivity index (χ4n) is 5.06. The highest BCUT2D eigenvalue weighted by Gasteiger charge is 2.36. The Balaban J connectivity index is 1.60. The quantitative estimate of drug-likeness (QED) is 0.328. The van der Waals surface area contributed by atoms with E-state index in [1.165, 1.54) is 0 Å². The van der Waals surface area contributed by atoms with Crippen molar-refractivity contribution in [3.63, 3.8) is 0 Å². The summed E-state index contributed by atoms with van der Waals surface area (Å²) in [5.41, 5.74) is 7.13. The topological polar surface area (TPSA) is 105 Å². The Morgan fingerprint density at radius 2 is 1.77 bits per heavy atom. The van der Waals surface area contributed by atoms with E-state index < -0.39 is 35.7 Å². The Bertz CT molecular complexity index is 1370. The van der Waals surface area contributed by atoms with Crippen molar-refractivity contribution in [3.8, 4) is 5.75 Å². The van der Waals surface area contributed by atoms with Crippen LogP contribution in [0, 0.1) is 13.8 Å². The molecule has 0 spiro atoms. The molecule has 0 aliphatic carbocycles. The van der Waals surface area contributed by atoms with Crippen LogP contribution in [0.2, 0.25) is 0 Å². The highest BCUT2D eigenvalue weighted by Crippen LogP contribution is 2.40. The SMILES string of the molecule is Cc1cc(OCCc2ccccc2)cc(C)c1C(=O)Nc1cc(CC(=O)O)c(N2CC[C@@H](N)C2)cc1C(F)(F)F. The summed E-state index contributed by atoms with van der Waals surface area (Å²) in [4.78, 5) is 26.5. The molecule has 10 heteroatoms. The molecule has 1 atom stereocenters. The van der Waals surface area contributed by atoms with Gasteiger partial charge in [-0.15, -0.1) is 0 Å². The zero-order valence-corrected chi connectivity index (χ0v) is 22.3. The van der Waals surface area contributed by atoms with Crippen molar-refractivity contribution in [2.75, 3.05) is 29.9 Å². The number of rotatable bonds is 9. The van der Waals surface area contributed by atoms with Crippen LogP contribution in [-0.4, -0.2) is 42.7 Å². The van der Waals surface area contributed by atoms with Crippen LogP contribution < -0.4 is 20.7 Å². The van der Waals surface area contributed by atoms with Crippen LogP contribution >= 0.6 is 0 Å². The van der Waals surface area contributed by atoms with E-state index in [2.05, 4.69) is 5.32 Å². The maximum Gasteiger partial charge on any atom is 0.418 e. The van der Waals surface area contributed by atoms with Gasteiger partial charge in [-0.25, -0.2) is 0 Å². The number of hydrogen-bond donors (Lipinski definition) is 3. The van der Waals surface area contributed by atoms with Crippen molar-refractivity contribution in [1.82, 2.24) is 0 Å². The molecule has 0 unspecified atom stereocenters. The molecule has 1 amide bonds. The molecule has 40 heavy (non-hydrogen) atoms. The van der Waals surface area contributed by atoms with Crippen LogP contribution in [0.25, 0.3) is 0 Å². The number of anilines is 2. The third-order valence-electron chi connectivity index (χ3n) is 6.92. The smallest absolute Gasteiger partial charge is 0.418 e. The third kappa shape index (κ3) is 6.93. The van der Waals surface area contributed by atoms with Crippen molar-refractivity contribution in [2.45, 2.75) is 45.3 Å². The van der Waals surface area contributed by atoms with Crippen LogP contribution in [0.3, 0.4) is 0 Å². The van der Waals surface area contributed by atoms with Gasteiger partial charge in [0.25, 0.3) is 5.91 Å². The van der Waals surface area contributed by atoms with Gasteiger partial charge < -0.3 is 25.8 Å². The number of aliphatic carboxylic acids is 1. The molecular weight excluding hydrogens is 523 g/mol. The molecule has 3 aromatic rings. The number of carboxylic acids is 1. The highest BCUT2D eigenvalue weighted by molar-refractivity contribution is 6.07. The number of aryl methyl sites for hydroxylation is 2. The van der Waals surface area contributed by atoms with Gasteiger partial charge in [0.05, 0.1) is 24.3 Å². The third-order valence-corrected chi connectivity index (χ3v) is 6.92. The molecule has 4 N–H and O–H groups in total. The zero-order valence-electron chi connectivity index (χ0n) is 22.3. The summed E-state index contributed by atoms with van der Waals surface area (Å²) in [6.45, 7) is 4.52. The number of nitrogens with one attached hydrogen (secondary N) is 1. The molecule has 7 nitrogen and oxygen atoms in total. The second kappa shape index (κ2) is 12.0. The molecule has 1 aliphatic heterocycles. The summed E-state index contributed by atoms with van der Waals surface area (Å²) < 4.78 is 48.4. The normalized spacial score (nSPS) is 15.2. The summed E-state index contributed by atoms with van der Waals surface area (Å²) in [7, 11) is 0. The second-order valence-electron chi connectivity index (χ2n) is 10.1. The Kier molecular flexibility index (Phi) is 8.68. The first-order valence-corrected chi connectivity index (χ1v) is 13.0.